The minimum absolute atomic E-state index is 0.0929. The molecule has 0 aliphatic carbocycles. The Hall–Kier alpha value is -2.54. The number of unbranched alkanes of at least 4 members (excludes halogenated alkanes) is 1. The number of aryl methyl sites for hydroxylation is 1. The molecule has 1 aromatic carbocycles. The van der Waals surface area contributed by atoms with Crippen molar-refractivity contribution in [2.45, 2.75) is 45.6 Å². The summed E-state index contributed by atoms with van der Waals surface area (Å²) in [6.07, 6.45) is 1.48. The number of hydrogen-bond acceptors (Lipinski definition) is 5. The van der Waals surface area contributed by atoms with E-state index in [-0.39, 0.29) is 28.3 Å². The highest BCUT2D eigenvalue weighted by molar-refractivity contribution is 6.32. The third-order valence-electron chi connectivity index (χ3n) is 4.17. The molecule has 140 valence electrons. The number of aliphatic carboxylic acids is 1. The first kappa shape index (κ1) is 19.8. The van der Waals surface area contributed by atoms with Crippen LogP contribution in [0.25, 0.3) is 11.0 Å². The topological polar surface area (TPSA) is 117 Å². The summed E-state index contributed by atoms with van der Waals surface area (Å²) in [6, 6.07) is 1.69. The third-order valence-corrected chi connectivity index (χ3v) is 4.47. The normalized spacial score (nSPS) is 12.1. The van der Waals surface area contributed by atoms with E-state index in [0.29, 0.717) is 23.8 Å². The first-order valence-corrected chi connectivity index (χ1v) is 8.59. The molecule has 0 spiro atoms. The molecule has 0 saturated heterocycles. The van der Waals surface area contributed by atoms with Gasteiger partial charge in [-0.05, 0) is 25.0 Å². The number of phenols is 1. The zero-order valence-electron chi connectivity index (χ0n) is 14.5. The van der Waals surface area contributed by atoms with Crippen molar-refractivity contribution in [2.75, 3.05) is 0 Å². The third kappa shape index (κ3) is 4.35. The number of amides is 1. The van der Waals surface area contributed by atoms with Gasteiger partial charge in [-0.2, -0.15) is 0 Å². The number of rotatable bonds is 7. The maximum absolute atomic E-state index is 12.2. The summed E-state index contributed by atoms with van der Waals surface area (Å²) >= 11 is 5.90. The van der Waals surface area contributed by atoms with Crippen molar-refractivity contribution < 1.29 is 24.2 Å². The molecular formula is C18H20ClNO6. The minimum atomic E-state index is -1.11. The van der Waals surface area contributed by atoms with Crippen molar-refractivity contribution in [1.29, 1.82) is 0 Å². The summed E-state index contributed by atoms with van der Waals surface area (Å²) in [6.45, 7) is 3.56. The molecule has 0 fully saturated rings. The van der Waals surface area contributed by atoms with Gasteiger partial charge in [-0.25, -0.2) is 9.59 Å². The van der Waals surface area contributed by atoms with E-state index in [1.807, 2.05) is 6.92 Å². The standard InChI is InChI=1S/C18H20ClNO6/c1-3-4-5-13(17(23)24)20-16(22)7-11-9(2)10-6-12(19)14(21)8-15(10)26-18(11)25/h6,8,13,21H,3-5,7H2,1-2H3,(H,20,22)(H,23,24). The molecule has 0 aliphatic rings. The van der Waals surface area contributed by atoms with E-state index in [1.165, 1.54) is 12.1 Å². The molecule has 1 aromatic heterocycles. The van der Waals surface area contributed by atoms with Gasteiger partial charge >= 0.3 is 11.6 Å². The number of halogens is 1. The second kappa shape index (κ2) is 8.23. The predicted molar refractivity (Wildman–Crippen MR) is 96.7 cm³/mol. The lowest BCUT2D eigenvalue weighted by atomic mass is 10.0. The van der Waals surface area contributed by atoms with E-state index in [1.54, 1.807) is 6.92 Å². The molecule has 1 unspecified atom stereocenters. The molecular weight excluding hydrogens is 362 g/mol. The van der Waals surface area contributed by atoms with Crippen LogP contribution in [0.15, 0.2) is 21.3 Å². The lowest BCUT2D eigenvalue weighted by molar-refractivity contribution is -0.142. The SMILES string of the molecule is CCCCC(NC(=O)Cc1c(C)c2cc(Cl)c(O)cc2oc1=O)C(=O)O. The molecule has 1 amide bonds. The number of nitrogens with one attached hydrogen (secondary N) is 1. The van der Waals surface area contributed by atoms with Gasteiger partial charge in [0.1, 0.15) is 17.4 Å². The van der Waals surface area contributed by atoms with Crippen molar-refractivity contribution in [3.63, 3.8) is 0 Å². The van der Waals surface area contributed by atoms with E-state index in [2.05, 4.69) is 5.32 Å². The average Bonchev–Trinajstić information content (AvgIpc) is 2.57. The number of aromatic hydroxyl groups is 1. The molecule has 7 nitrogen and oxygen atoms in total. The number of fused-ring (bicyclic) bond motifs is 1. The fourth-order valence-electron chi connectivity index (χ4n) is 2.67. The minimum Gasteiger partial charge on any atom is -0.506 e. The summed E-state index contributed by atoms with van der Waals surface area (Å²) in [5.74, 6) is -1.91. The lowest BCUT2D eigenvalue weighted by Crippen LogP contribution is -2.42. The van der Waals surface area contributed by atoms with Gasteiger partial charge in [0.05, 0.1) is 17.0 Å². The van der Waals surface area contributed by atoms with Crippen molar-refractivity contribution >= 4 is 34.4 Å². The highest BCUT2D eigenvalue weighted by Gasteiger charge is 2.22. The molecule has 0 saturated carbocycles. The number of hydrogen-bond donors (Lipinski definition) is 3. The lowest BCUT2D eigenvalue weighted by Gasteiger charge is -2.14. The quantitative estimate of drug-likeness (QED) is 0.635. The van der Waals surface area contributed by atoms with Gasteiger partial charge < -0.3 is 19.9 Å². The van der Waals surface area contributed by atoms with Crippen molar-refractivity contribution in [3.05, 3.63) is 38.7 Å². The summed E-state index contributed by atoms with van der Waals surface area (Å²) in [5.41, 5.74) is 0.0577. The summed E-state index contributed by atoms with van der Waals surface area (Å²) in [5, 5.41) is 21.8. The molecule has 1 heterocycles. The Bertz CT molecular complexity index is 905. The predicted octanol–water partition coefficient (Wildman–Crippen LogP) is 2.76. The van der Waals surface area contributed by atoms with Crippen LogP contribution in [-0.2, 0) is 16.0 Å². The molecule has 0 aliphatic heterocycles. The second-order valence-corrected chi connectivity index (χ2v) is 6.48. The summed E-state index contributed by atoms with van der Waals surface area (Å²) in [7, 11) is 0. The maximum atomic E-state index is 12.2. The zero-order chi connectivity index (χ0) is 19.4. The van der Waals surface area contributed by atoms with Gasteiger partial charge in [0.25, 0.3) is 0 Å². The second-order valence-electron chi connectivity index (χ2n) is 6.07. The number of benzene rings is 1. The molecule has 3 N–H and O–H groups in total. The van der Waals surface area contributed by atoms with Gasteiger partial charge in [-0.3, -0.25) is 4.79 Å². The number of carboxylic acid groups (broad SMARTS) is 1. The Balaban J connectivity index is 2.29. The molecule has 26 heavy (non-hydrogen) atoms. The van der Waals surface area contributed by atoms with Crippen LogP contribution in [0.3, 0.4) is 0 Å². The Morgan fingerprint density at radius 1 is 1.35 bits per heavy atom. The van der Waals surface area contributed by atoms with E-state index in [0.717, 1.165) is 6.42 Å². The van der Waals surface area contributed by atoms with Crippen molar-refractivity contribution in [2.24, 2.45) is 0 Å². The smallest absolute Gasteiger partial charge is 0.340 e. The first-order chi connectivity index (χ1) is 12.2. The molecule has 1 atom stereocenters. The monoisotopic (exact) mass is 381 g/mol. The first-order valence-electron chi connectivity index (χ1n) is 8.21. The van der Waals surface area contributed by atoms with Crippen LogP contribution in [0, 0.1) is 6.92 Å². The Kier molecular flexibility index (Phi) is 6.26. The van der Waals surface area contributed by atoms with Crippen LogP contribution in [0.1, 0.15) is 37.3 Å². The Morgan fingerprint density at radius 3 is 2.65 bits per heavy atom. The number of carboxylic acids is 1. The summed E-state index contributed by atoms with van der Waals surface area (Å²) < 4.78 is 5.16. The van der Waals surface area contributed by atoms with Crippen LogP contribution in [0.4, 0.5) is 0 Å². The summed E-state index contributed by atoms with van der Waals surface area (Å²) in [4.78, 5) is 35.7. The Labute approximate surface area is 154 Å². The van der Waals surface area contributed by atoms with Crippen molar-refractivity contribution in [3.8, 4) is 5.75 Å². The average molecular weight is 382 g/mol. The molecule has 2 aromatic rings. The highest BCUT2D eigenvalue weighted by atomic mass is 35.5. The van der Waals surface area contributed by atoms with Gasteiger partial charge in [0.2, 0.25) is 5.91 Å². The van der Waals surface area contributed by atoms with E-state index in [9.17, 15) is 24.6 Å². The van der Waals surface area contributed by atoms with Crippen LogP contribution < -0.4 is 10.9 Å². The largest absolute Gasteiger partial charge is 0.506 e. The van der Waals surface area contributed by atoms with Crippen LogP contribution >= 0.6 is 11.6 Å². The maximum Gasteiger partial charge on any atom is 0.340 e. The molecule has 8 heteroatoms. The molecule has 2 rings (SSSR count). The highest BCUT2D eigenvalue weighted by Crippen LogP contribution is 2.30. The fraction of sp³-hybridized carbons (Fsp3) is 0.389. The van der Waals surface area contributed by atoms with Crippen molar-refractivity contribution in [1.82, 2.24) is 5.32 Å². The van der Waals surface area contributed by atoms with E-state index < -0.39 is 23.5 Å². The van der Waals surface area contributed by atoms with E-state index >= 15 is 0 Å². The molecule has 0 radical (unpaired) electrons. The van der Waals surface area contributed by atoms with Gasteiger partial charge in [0.15, 0.2) is 0 Å². The number of carbonyl (C=O) groups excluding carboxylic acids is 1. The zero-order valence-corrected chi connectivity index (χ0v) is 15.2. The Morgan fingerprint density at radius 2 is 2.04 bits per heavy atom. The van der Waals surface area contributed by atoms with Crippen LogP contribution in [-0.4, -0.2) is 28.1 Å². The van der Waals surface area contributed by atoms with Crippen LogP contribution in [0.5, 0.6) is 5.75 Å². The van der Waals surface area contributed by atoms with Gasteiger partial charge in [-0.15, -0.1) is 0 Å². The van der Waals surface area contributed by atoms with Crippen LogP contribution in [0.2, 0.25) is 5.02 Å². The number of carbonyl (C=O) groups is 2. The molecule has 0 bridgehead atoms. The fourth-order valence-corrected chi connectivity index (χ4v) is 2.84. The van der Waals surface area contributed by atoms with Gasteiger partial charge in [0, 0.05) is 11.5 Å². The van der Waals surface area contributed by atoms with E-state index in [4.69, 9.17) is 16.0 Å². The van der Waals surface area contributed by atoms with Gasteiger partial charge in [-0.1, -0.05) is 31.4 Å². The number of phenolic OH excluding ortho intramolecular Hbond substituents is 1.